The minimum absolute atomic E-state index is 0.643. The predicted molar refractivity (Wildman–Crippen MR) is 88.0 cm³/mol. The van der Waals surface area contributed by atoms with E-state index in [1.54, 1.807) is 14.2 Å². The molecule has 2 aromatic rings. The fraction of sp³-hybridized carbons (Fsp3) is 0.389. The van der Waals surface area contributed by atoms with Crippen molar-refractivity contribution in [1.29, 1.82) is 0 Å². The lowest BCUT2D eigenvalue weighted by molar-refractivity contribution is 0.195. The number of rotatable bonds is 4. The molecule has 3 rings (SSSR count). The van der Waals surface area contributed by atoms with Gasteiger partial charge in [-0.1, -0.05) is 18.2 Å². The molecule has 0 fully saturated rings. The highest BCUT2D eigenvalue weighted by molar-refractivity contribution is 5.46. The van der Waals surface area contributed by atoms with Crippen LogP contribution in [-0.2, 0) is 13.1 Å². The molecule has 0 saturated carbocycles. The monoisotopic (exact) mass is 314 g/mol. The maximum absolute atomic E-state index is 5.90. The Kier molecular flexibility index (Phi) is 4.98. The fourth-order valence-corrected chi connectivity index (χ4v) is 2.81. The Bertz CT molecular complexity index is 643. The number of methoxy groups -OCH3 is 2. The van der Waals surface area contributed by atoms with E-state index in [0.717, 1.165) is 43.1 Å². The van der Waals surface area contributed by atoms with Crippen molar-refractivity contribution in [3.8, 4) is 17.4 Å². The van der Waals surface area contributed by atoms with Crippen molar-refractivity contribution in [1.82, 2.24) is 9.88 Å². The number of ether oxygens (including phenoxy) is 3. The number of nitrogens with zero attached hydrogens (tertiary/aromatic N) is 2. The van der Waals surface area contributed by atoms with E-state index in [0.29, 0.717) is 12.5 Å². The molecule has 5 nitrogen and oxygen atoms in total. The molecule has 0 aliphatic carbocycles. The smallest absolute Gasteiger partial charge is 0.212 e. The molecule has 23 heavy (non-hydrogen) atoms. The zero-order chi connectivity index (χ0) is 16.1. The third-order valence-corrected chi connectivity index (χ3v) is 3.95. The largest absolute Gasteiger partial charge is 0.493 e. The second-order valence-electron chi connectivity index (χ2n) is 5.57. The average molecular weight is 314 g/mol. The van der Waals surface area contributed by atoms with Gasteiger partial charge in [-0.3, -0.25) is 4.90 Å². The van der Waals surface area contributed by atoms with Crippen molar-refractivity contribution in [2.45, 2.75) is 19.5 Å². The van der Waals surface area contributed by atoms with E-state index in [1.165, 1.54) is 5.56 Å². The van der Waals surface area contributed by atoms with E-state index in [-0.39, 0.29) is 0 Å². The van der Waals surface area contributed by atoms with Gasteiger partial charge in [0.2, 0.25) is 5.88 Å². The predicted octanol–water partition coefficient (Wildman–Crippen LogP) is 2.88. The zero-order valence-corrected chi connectivity index (χ0v) is 13.6. The van der Waals surface area contributed by atoms with Crippen LogP contribution in [0.3, 0.4) is 0 Å². The first kappa shape index (κ1) is 15.6. The van der Waals surface area contributed by atoms with Crippen molar-refractivity contribution < 1.29 is 14.2 Å². The van der Waals surface area contributed by atoms with Gasteiger partial charge in [-0.05, 0) is 18.1 Å². The topological polar surface area (TPSA) is 43.8 Å². The number of aromatic nitrogens is 1. The van der Waals surface area contributed by atoms with Gasteiger partial charge < -0.3 is 14.2 Å². The van der Waals surface area contributed by atoms with Gasteiger partial charge in [0.05, 0.1) is 20.8 Å². The molecular formula is C18H22N2O3. The summed E-state index contributed by atoms with van der Waals surface area (Å²) in [6.45, 7) is 3.37. The van der Waals surface area contributed by atoms with Crippen molar-refractivity contribution in [3.05, 3.63) is 47.7 Å². The number of hydrogen-bond acceptors (Lipinski definition) is 5. The maximum Gasteiger partial charge on any atom is 0.212 e. The van der Waals surface area contributed by atoms with Crippen molar-refractivity contribution in [2.75, 3.05) is 27.4 Å². The van der Waals surface area contributed by atoms with Gasteiger partial charge in [0.25, 0.3) is 0 Å². The van der Waals surface area contributed by atoms with Crippen LogP contribution in [0.4, 0.5) is 0 Å². The highest BCUT2D eigenvalue weighted by Gasteiger charge is 2.17. The van der Waals surface area contributed by atoms with Gasteiger partial charge in [-0.2, -0.15) is 0 Å². The molecule has 1 aliphatic heterocycles. The summed E-state index contributed by atoms with van der Waals surface area (Å²) in [6, 6.07) is 10.0. The van der Waals surface area contributed by atoms with Gasteiger partial charge in [0.1, 0.15) is 0 Å². The molecule has 0 amide bonds. The van der Waals surface area contributed by atoms with Crippen LogP contribution in [-0.4, -0.2) is 37.3 Å². The summed E-state index contributed by atoms with van der Waals surface area (Å²) < 4.78 is 16.4. The summed E-state index contributed by atoms with van der Waals surface area (Å²) in [6.07, 6.45) is 2.86. The van der Waals surface area contributed by atoms with Gasteiger partial charge in [0, 0.05) is 37.5 Å². The van der Waals surface area contributed by atoms with Crippen LogP contribution in [0.1, 0.15) is 17.5 Å². The minimum atomic E-state index is 0.643. The van der Waals surface area contributed by atoms with Gasteiger partial charge in [-0.15, -0.1) is 0 Å². The Morgan fingerprint density at radius 3 is 2.83 bits per heavy atom. The standard InChI is InChI=1S/C18H22N2O3/c1-21-16-6-3-5-15-13-20(9-4-10-23-18(15)16)12-14-7-8-17(22-2)19-11-14/h3,5-8,11H,4,9-10,12-13H2,1-2H3. The first-order chi connectivity index (χ1) is 11.3. The first-order valence-electron chi connectivity index (χ1n) is 7.80. The second kappa shape index (κ2) is 7.33. The van der Waals surface area contributed by atoms with Crippen molar-refractivity contribution in [3.63, 3.8) is 0 Å². The lowest BCUT2D eigenvalue weighted by Gasteiger charge is -2.27. The molecule has 1 aromatic carbocycles. The highest BCUT2D eigenvalue weighted by Crippen LogP contribution is 2.33. The van der Waals surface area contributed by atoms with E-state index in [2.05, 4.69) is 22.0 Å². The number of para-hydroxylation sites is 1. The molecule has 0 N–H and O–H groups in total. The lowest BCUT2D eigenvalue weighted by Crippen LogP contribution is -2.27. The second-order valence-corrected chi connectivity index (χ2v) is 5.57. The third-order valence-electron chi connectivity index (χ3n) is 3.95. The highest BCUT2D eigenvalue weighted by atomic mass is 16.5. The molecular weight excluding hydrogens is 292 g/mol. The third kappa shape index (κ3) is 3.74. The molecule has 2 heterocycles. The van der Waals surface area contributed by atoms with Gasteiger partial charge in [0.15, 0.2) is 11.5 Å². The number of fused-ring (bicyclic) bond motifs is 1. The van der Waals surface area contributed by atoms with Crippen LogP contribution in [0.25, 0.3) is 0 Å². The van der Waals surface area contributed by atoms with Gasteiger partial charge in [-0.25, -0.2) is 4.98 Å². The zero-order valence-electron chi connectivity index (χ0n) is 13.6. The van der Waals surface area contributed by atoms with E-state index in [4.69, 9.17) is 14.2 Å². The van der Waals surface area contributed by atoms with Crippen LogP contribution < -0.4 is 14.2 Å². The molecule has 122 valence electrons. The Balaban J connectivity index is 1.77. The first-order valence-corrected chi connectivity index (χ1v) is 7.80. The van der Waals surface area contributed by atoms with Crippen LogP contribution in [0.5, 0.6) is 17.4 Å². The van der Waals surface area contributed by atoms with Crippen LogP contribution in [0.2, 0.25) is 0 Å². The Morgan fingerprint density at radius 2 is 2.09 bits per heavy atom. The molecule has 1 aliphatic rings. The minimum Gasteiger partial charge on any atom is -0.493 e. The molecule has 0 saturated heterocycles. The Hall–Kier alpha value is -2.27. The number of benzene rings is 1. The number of hydrogen-bond donors (Lipinski definition) is 0. The summed E-state index contributed by atoms with van der Waals surface area (Å²) >= 11 is 0. The van der Waals surface area contributed by atoms with E-state index >= 15 is 0 Å². The quantitative estimate of drug-likeness (QED) is 0.868. The molecule has 0 spiro atoms. The Morgan fingerprint density at radius 1 is 1.17 bits per heavy atom. The van der Waals surface area contributed by atoms with Crippen LogP contribution in [0, 0.1) is 0 Å². The Labute approximate surface area is 136 Å². The lowest BCUT2D eigenvalue weighted by atomic mass is 10.1. The fourth-order valence-electron chi connectivity index (χ4n) is 2.81. The van der Waals surface area contributed by atoms with Crippen LogP contribution in [0.15, 0.2) is 36.5 Å². The summed E-state index contributed by atoms with van der Waals surface area (Å²) in [4.78, 5) is 6.69. The molecule has 0 atom stereocenters. The molecule has 5 heteroatoms. The summed E-state index contributed by atoms with van der Waals surface area (Å²) in [5.41, 5.74) is 2.34. The van der Waals surface area contributed by atoms with E-state index in [9.17, 15) is 0 Å². The van der Waals surface area contributed by atoms with Crippen LogP contribution >= 0.6 is 0 Å². The number of pyridine rings is 1. The molecule has 0 unspecified atom stereocenters. The molecule has 1 aromatic heterocycles. The SMILES string of the molecule is COc1ccc(CN2CCCOc3c(cccc3OC)C2)cn1. The van der Waals surface area contributed by atoms with E-state index < -0.39 is 0 Å². The van der Waals surface area contributed by atoms with Crippen molar-refractivity contribution in [2.24, 2.45) is 0 Å². The summed E-state index contributed by atoms with van der Waals surface area (Å²) in [5, 5.41) is 0. The normalized spacial score (nSPS) is 15.0. The average Bonchev–Trinajstić information content (AvgIpc) is 2.57. The molecule has 0 radical (unpaired) electrons. The molecule has 0 bridgehead atoms. The van der Waals surface area contributed by atoms with Crippen molar-refractivity contribution >= 4 is 0 Å². The summed E-state index contributed by atoms with van der Waals surface area (Å²) in [5.74, 6) is 2.31. The van der Waals surface area contributed by atoms with E-state index in [1.807, 2.05) is 24.4 Å². The summed E-state index contributed by atoms with van der Waals surface area (Å²) in [7, 11) is 3.31. The van der Waals surface area contributed by atoms with Gasteiger partial charge >= 0.3 is 0 Å². The maximum atomic E-state index is 5.90.